The molecule has 4 N–H and O–H groups in total. The quantitative estimate of drug-likeness (QED) is 0.529. The fourth-order valence-corrected chi connectivity index (χ4v) is 6.91. The predicted octanol–water partition coefficient (Wildman–Crippen LogP) is 2.23. The molecule has 0 radical (unpaired) electrons. The Morgan fingerprint density at radius 3 is 2.38 bits per heavy atom. The van der Waals surface area contributed by atoms with Crippen LogP contribution in [0.5, 0.6) is 0 Å². The van der Waals surface area contributed by atoms with Crippen molar-refractivity contribution in [3.8, 4) is 0 Å². The summed E-state index contributed by atoms with van der Waals surface area (Å²) in [5, 5.41) is 7.81. The lowest BCUT2D eigenvalue weighted by Gasteiger charge is -2.23. The van der Waals surface area contributed by atoms with Gasteiger partial charge < -0.3 is 9.73 Å². The van der Waals surface area contributed by atoms with Crippen molar-refractivity contribution < 1.29 is 30.0 Å². The summed E-state index contributed by atoms with van der Waals surface area (Å²) in [4.78, 5) is -1.32. The number of hydrogen-bond donors (Lipinski definition) is 3. The summed E-state index contributed by atoms with van der Waals surface area (Å²) < 4.78 is 75.9. The van der Waals surface area contributed by atoms with Crippen LogP contribution in [-0.2, 0) is 37.5 Å². The van der Waals surface area contributed by atoms with Crippen molar-refractivity contribution in [2.24, 2.45) is 5.14 Å². The second-order valence-electron chi connectivity index (χ2n) is 6.81. The summed E-state index contributed by atoms with van der Waals surface area (Å²) in [6, 6.07) is 5.23. The van der Waals surface area contributed by atoms with E-state index in [9.17, 15) is 25.6 Å². The Hall–Kier alpha value is -1.73. The van der Waals surface area contributed by atoms with Gasteiger partial charge in [0.05, 0.1) is 39.1 Å². The van der Waals surface area contributed by atoms with Crippen molar-refractivity contribution in [3.05, 3.63) is 36.3 Å². The third-order valence-electron chi connectivity index (χ3n) is 4.74. The Balaban J connectivity index is 2.11. The molecule has 9 nitrogen and oxygen atoms in total. The maximum Gasteiger partial charge on any atom is 0.296 e. The first-order valence-corrected chi connectivity index (χ1v) is 13.1. The third kappa shape index (κ3) is 5.25. The molecule has 1 aromatic carbocycles. The van der Waals surface area contributed by atoms with Crippen LogP contribution in [0.15, 0.2) is 49.6 Å². The first kappa shape index (κ1) is 22.0. The first-order chi connectivity index (χ1) is 13.6. The minimum absolute atomic E-state index is 0.0692. The van der Waals surface area contributed by atoms with Gasteiger partial charge >= 0.3 is 0 Å². The third-order valence-corrected chi connectivity index (χ3v) is 8.56. The smallest absolute Gasteiger partial charge is 0.296 e. The van der Waals surface area contributed by atoms with E-state index in [0.717, 1.165) is 25.3 Å². The van der Waals surface area contributed by atoms with Gasteiger partial charge in [-0.25, -0.2) is 13.6 Å². The lowest BCUT2D eigenvalue weighted by atomic mass is 10.0. The summed E-state index contributed by atoms with van der Waals surface area (Å²) in [7, 11) is -10.9. The molecule has 0 bridgehead atoms. The normalized spacial score (nSPS) is 17.2. The van der Waals surface area contributed by atoms with Crippen LogP contribution in [0.1, 0.15) is 37.9 Å². The molecule has 0 aliphatic heterocycles. The van der Waals surface area contributed by atoms with E-state index in [4.69, 9.17) is 9.56 Å². The van der Waals surface area contributed by atoms with Crippen LogP contribution in [0.25, 0.3) is 0 Å². The number of hydrogen-bond acceptors (Lipinski definition) is 7. The van der Waals surface area contributed by atoms with Crippen LogP contribution in [0, 0.1) is 0 Å². The van der Waals surface area contributed by atoms with E-state index in [2.05, 4.69) is 5.32 Å². The zero-order valence-corrected chi connectivity index (χ0v) is 17.9. The average Bonchev–Trinajstić information content (AvgIpc) is 3.18. The molecule has 1 aromatic heterocycles. The van der Waals surface area contributed by atoms with E-state index < -0.39 is 40.7 Å². The SMILES string of the molecule is NS(=O)(=O)c1cc(S(=O)(=O)O)c(NCc2ccco2)cc1S(=O)C1CCCCC1. The van der Waals surface area contributed by atoms with E-state index in [1.165, 1.54) is 12.3 Å². The van der Waals surface area contributed by atoms with Crippen LogP contribution in [0.3, 0.4) is 0 Å². The number of primary sulfonamides is 1. The molecular formula is C17H22N2O7S3. The van der Waals surface area contributed by atoms with Gasteiger partial charge in [0, 0.05) is 5.25 Å². The van der Waals surface area contributed by atoms with Crippen LogP contribution in [0.4, 0.5) is 5.69 Å². The van der Waals surface area contributed by atoms with Crippen molar-refractivity contribution in [3.63, 3.8) is 0 Å². The number of nitrogens with one attached hydrogen (secondary N) is 1. The Kier molecular flexibility index (Phi) is 6.48. The zero-order valence-electron chi connectivity index (χ0n) is 15.4. The fraction of sp³-hybridized carbons (Fsp3) is 0.412. The highest BCUT2D eigenvalue weighted by Gasteiger charge is 2.30. The van der Waals surface area contributed by atoms with E-state index >= 15 is 0 Å². The van der Waals surface area contributed by atoms with Gasteiger partial charge in [0.25, 0.3) is 10.1 Å². The highest BCUT2D eigenvalue weighted by molar-refractivity contribution is 7.91. The van der Waals surface area contributed by atoms with Gasteiger partial charge in [-0.1, -0.05) is 19.3 Å². The molecular weight excluding hydrogens is 440 g/mol. The number of sulfonamides is 1. The minimum atomic E-state index is -4.79. The van der Waals surface area contributed by atoms with Gasteiger partial charge in [0.2, 0.25) is 10.0 Å². The summed E-state index contributed by atoms with van der Waals surface area (Å²) in [6.45, 7) is 0.0692. The minimum Gasteiger partial charge on any atom is -0.467 e. The standard InChI is InChI=1S/C17H22N2O7S3/c18-28(21,22)17-10-16(29(23,24)25)14(19-11-12-5-4-8-26-12)9-15(17)27(20)13-6-2-1-3-7-13/h4-5,8-10,13,19H,1-3,6-7,11H2,(H2,18,21,22)(H,23,24,25). The van der Waals surface area contributed by atoms with Gasteiger partial charge in [-0.05, 0) is 37.1 Å². The molecule has 12 heteroatoms. The summed E-state index contributed by atoms with van der Waals surface area (Å²) in [5.74, 6) is 0.483. The highest BCUT2D eigenvalue weighted by Crippen LogP contribution is 2.34. The first-order valence-electron chi connectivity index (χ1n) is 8.92. The summed E-state index contributed by atoms with van der Waals surface area (Å²) >= 11 is 0. The molecule has 1 unspecified atom stereocenters. The molecule has 1 atom stereocenters. The van der Waals surface area contributed by atoms with Crippen molar-refractivity contribution in [1.29, 1.82) is 0 Å². The second-order valence-corrected chi connectivity index (χ2v) is 11.4. The van der Waals surface area contributed by atoms with Crippen LogP contribution < -0.4 is 10.5 Å². The Morgan fingerprint density at radius 2 is 1.83 bits per heavy atom. The van der Waals surface area contributed by atoms with E-state index in [-0.39, 0.29) is 22.4 Å². The van der Waals surface area contributed by atoms with Crippen LogP contribution in [0.2, 0.25) is 0 Å². The Labute approximate surface area is 171 Å². The van der Waals surface area contributed by atoms with Crippen LogP contribution >= 0.6 is 0 Å². The van der Waals surface area contributed by atoms with Crippen molar-refractivity contribution in [2.45, 2.75) is 58.6 Å². The molecule has 1 heterocycles. The molecule has 0 amide bonds. The van der Waals surface area contributed by atoms with Crippen molar-refractivity contribution in [2.75, 3.05) is 5.32 Å². The molecule has 3 rings (SSSR count). The Bertz CT molecular complexity index is 1100. The van der Waals surface area contributed by atoms with E-state index in [1.54, 1.807) is 12.1 Å². The molecule has 160 valence electrons. The number of rotatable bonds is 7. The highest BCUT2D eigenvalue weighted by atomic mass is 32.2. The average molecular weight is 463 g/mol. The van der Waals surface area contributed by atoms with E-state index in [1.807, 2.05) is 0 Å². The number of nitrogens with two attached hydrogens (primary N) is 1. The monoisotopic (exact) mass is 462 g/mol. The summed E-state index contributed by atoms with van der Waals surface area (Å²) in [6.07, 6.45) is 5.57. The maximum absolute atomic E-state index is 13.1. The zero-order chi connectivity index (χ0) is 21.2. The summed E-state index contributed by atoms with van der Waals surface area (Å²) in [5.41, 5.74) is -0.0875. The van der Waals surface area contributed by atoms with E-state index in [0.29, 0.717) is 18.6 Å². The lowest BCUT2D eigenvalue weighted by Crippen LogP contribution is -2.23. The lowest BCUT2D eigenvalue weighted by molar-refractivity contribution is 0.482. The molecule has 1 aliphatic carbocycles. The Morgan fingerprint density at radius 1 is 1.14 bits per heavy atom. The fourth-order valence-electron chi connectivity index (χ4n) is 3.33. The molecule has 0 spiro atoms. The number of benzene rings is 1. The van der Waals surface area contributed by atoms with Crippen molar-refractivity contribution >= 4 is 36.6 Å². The topological polar surface area (TPSA) is 157 Å². The molecule has 2 aromatic rings. The predicted molar refractivity (Wildman–Crippen MR) is 107 cm³/mol. The van der Waals surface area contributed by atoms with Crippen molar-refractivity contribution in [1.82, 2.24) is 0 Å². The van der Waals surface area contributed by atoms with Gasteiger partial charge in [0.1, 0.15) is 10.7 Å². The largest absolute Gasteiger partial charge is 0.467 e. The number of anilines is 1. The molecule has 1 saturated carbocycles. The molecule has 1 aliphatic rings. The second kappa shape index (κ2) is 8.56. The van der Waals surface area contributed by atoms with Crippen LogP contribution in [-0.4, -0.2) is 30.8 Å². The van der Waals surface area contributed by atoms with Gasteiger partial charge in [-0.2, -0.15) is 8.42 Å². The molecule has 1 fully saturated rings. The molecule has 0 saturated heterocycles. The van der Waals surface area contributed by atoms with Gasteiger partial charge in [0.15, 0.2) is 0 Å². The van der Waals surface area contributed by atoms with Gasteiger partial charge in [-0.3, -0.25) is 8.76 Å². The maximum atomic E-state index is 13.1. The number of furan rings is 1. The molecule has 29 heavy (non-hydrogen) atoms. The van der Waals surface area contributed by atoms with Gasteiger partial charge in [-0.15, -0.1) is 0 Å².